The summed E-state index contributed by atoms with van der Waals surface area (Å²) in [5.74, 6) is -1.16. The summed E-state index contributed by atoms with van der Waals surface area (Å²) in [5, 5.41) is 10.2. The molecule has 1 aromatic carbocycles. The second kappa shape index (κ2) is 7.22. The molecule has 3 aromatic rings. The van der Waals surface area contributed by atoms with Gasteiger partial charge in [0, 0.05) is 36.5 Å². The molecule has 0 aliphatic carbocycles. The first-order chi connectivity index (χ1) is 13.6. The maximum atomic E-state index is 12.9. The largest absolute Gasteiger partial charge is 0.497 e. The molecule has 8 heteroatoms. The highest BCUT2D eigenvalue weighted by Crippen LogP contribution is 2.31. The third-order valence-electron chi connectivity index (χ3n) is 4.91. The molecule has 0 bridgehead atoms. The van der Waals surface area contributed by atoms with Crippen LogP contribution in [0.25, 0.3) is 10.9 Å². The first-order valence-corrected chi connectivity index (χ1v) is 8.85. The van der Waals surface area contributed by atoms with Gasteiger partial charge in [0.05, 0.1) is 18.3 Å². The summed E-state index contributed by atoms with van der Waals surface area (Å²) in [5.41, 5.74) is 1.63. The number of pyridine rings is 1. The summed E-state index contributed by atoms with van der Waals surface area (Å²) in [7, 11) is 1.42. The number of carboxylic acid groups (broad SMARTS) is 1. The van der Waals surface area contributed by atoms with Gasteiger partial charge >= 0.3 is 5.97 Å². The Morgan fingerprint density at radius 3 is 2.75 bits per heavy atom. The van der Waals surface area contributed by atoms with Crippen LogP contribution in [0.1, 0.15) is 39.0 Å². The van der Waals surface area contributed by atoms with Crippen LogP contribution in [-0.2, 0) is 0 Å². The summed E-state index contributed by atoms with van der Waals surface area (Å²) in [4.78, 5) is 38.6. The number of ether oxygens (including phenoxy) is 1. The Kier molecular flexibility index (Phi) is 4.60. The quantitative estimate of drug-likeness (QED) is 0.743. The highest BCUT2D eigenvalue weighted by atomic mass is 16.5. The maximum Gasteiger partial charge on any atom is 0.354 e. The van der Waals surface area contributed by atoms with Crippen LogP contribution in [0.4, 0.5) is 0 Å². The molecule has 0 saturated carbocycles. The number of nitrogens with zero attached hydrogens (tertiary/aromatic N) is 4. The van der Waals surface area contributed by atoms with Gasteiger partial charge in [-0.15, -0.1) is 0 Å². The number of carbonyl (C=O) groups excluding carboxylic acids is 1. The van der Waals surface area contributed by atoms with E-state index in [0.717, 1.165) is 23.0 Å². The maximum absolute atomic E-state index is 12.9. The van der Waals surface area contributed by atoms with E-state index in [1.54, 1.807) is 11.2 Å². The number of likely N-dealkylation sites (tertiary alicyclic amines) is 1. The van der Waals surface area contributed by atoms with Gasteiger partial charge in [0.25, 0.3) is 5.91 Å². The molecule has 1 atom stereocenters. The smallest absolute Gasteiger partial charge is 0.354 e. The Hall–Kier alpha value is -3.55. The van der Waals surface area contributed by atoms with Gasteiger partial charge in [-0.2, -0.15) is 0 Å². The van der Waals surface area contributed by atoms with E-state index in [1.165, 1.54) is 19.2 Å². The minimum atomic E-state index is -1.21. The van der Waals surface area contributed by atoms with Gasteiger partial charge in [0.15, 0.2) is 5.69 Å². The zero-order valence-corrected chi connectivity index (χ0v) is 15.2. The van der Waals surface area contributed by atoms with Crippen LogP contribution in [0.3, 0.4) is 0 Å². The summed E-state index contributed by atoms with van der Waals surface area (Å²) in [6, 6.07) is 10.5. The van der Waals surface area contributed by atoms with Crippen molar-refractivity contribution in [1.82, 2.24) is 19.9 Å². The standard InChI is InChI=1S/C20H18N4O4/c1-28-13-8-16(23-17(9-13)20(26)27)19(25)24-7-6-12(10-24)18-14-4-2-3-5-15(14)21-11-22-18/h2-5,8-9,11-12H,6-7,10H2,1H3,(H,26,27). The lowest BCUT2D eigenvalue weighted by Gasteiger charge is -2.17. The van der Waals surface area contributed by atoms with Gasteiger partial charge in [0.1, 0.15) is 17.8 Å². The van der Waals surface area contributed by atoms with Crippen molar-refractivity contribution >= 4 is 22.8 Å². The Labute approximate surface area is 160 Å². The van der Waals surface area contributed by atoms with Gasteiger partial charge in [-0.3, -0.25) is 4.79 Å². The number of amides is 1. The van der Waals surface area contributed by atoms with Crippen LogP contribution in [0, 0.1) is 0 Å². The lowest BCUT2D eigenvalue weighted by molar-refractivity contribution is 0.0689. The molecule has 1 aliphatic rings. The van der Waals surface area contributed by atoms with Crippen LogP contribution < -0.4 is 4.74 Å². The molecule has 2 aromatic heterocycles. The number of carboxylic acids is 1. The molecule has 1 N–H and O–H groups in total. The zero-order chi connectivity index (χ0) is 19.7. The predicted molar refractivity (Wildman–Crippen MR) is 101 cm³/mol. The summed E-state index contributed by atoms with van der Waals surface area (Å²) in [6.45, 7) is 1.03. The average Bonchev–Trinajstić information content (AvgIpc) is 3.22. The van der Waals surface area contributed by atoms with Crippen molar-refractivity contribution in [1.29, 1.82) is 0 Å². The van der Waals surface area contributed by atoms with E-state index in [9.17, 15) is 14.7 Å². The fourth-order valence-corrected chi connectivity index (χ4v) is 3.52. The number of rotatable bonds is 4. The monoisotopic (exact) mass is 378 g/mol. The summed E-state index contributed by atoms with van der Waals surface area (Å²) >= 11 is 0. The lowest BCUT2D eigenvalue weighted by atomic mass is 10.0. The SMILES string of the molecule is COc1cc(C(=O)O)nc(C(=O)N2CCC(c3ncnc4ccccc34)C2)c1. The Balaban J connectivity index is 1.60. The third-order valence-corrected chi connectivity index (χ3v) is 4.91. The Morgan fingerprint density at radius 1 is 1.18 bits per heavy atom. The van der Waals surface area contributed by atoms with Crippen molar-refractivity contribution in [2.45, 2.75) is 12.3 Å². The van der Waals surface area contributed by atoms with Crippen molar-refractivity contribution in [2.24, 2.45) is 0 Å². The van der Waals surface area contributed by atoms with E-state index in [-0.39, 0.29) is 29.0 Å². The van der Waals surface area contributed by atoms with Gasteiger partial charge in [-0.25, -0.2) is 19.7 Å². The molecule has 1 aliphatic heterocycles. The number of benzene rings is 1. The lowest BCUT2D eigenvalue weighted by Crippen LogP contribution is -2.29. The van der Waals surface area contributed by atoms with Crippen LogP contribution in [0.15, 0.2) is 42.7 Å². The molecule has 1 fully saturated rings. The zero-order valence-electron chi connectivity index (χ0n) is 15.2. The molecule has 28 heavy (non-hydrogen) atoms. The predicted octanol–water partition coefficient (Wildman–Crippen LogP) is 2.36. The third kappa shape index (κ3) is 3.24. The molecule has 1 unspecified atom stereocenters. The molecule has 8 nitrogen and oxygen atoms in total. The van der Waals surface area contributed by atoms with E-state index in [1.807, 2.05) is 24.3 Å². The van der Waals surface area contributed by atoms with Gasteiger partial charge in [-0.1, -0.05) is 18.2 Å². The number of aromatic nitrogens is 3. The highest BCUT2D eigenvalue weighted by molar-refractivity contribution is 5.95. The number of fused-ring (bicyclic) bond motifs is 1. The van der Waals surface area contributed by atoms with Crippen LogP contribution >= 0.6 is 0 Å². The number of para-hydroxylation sites is 1. The fraction of sp³-hybridized carbons (Fsp3) is 0.250. The van der Waals surface area contributed by atoms with E-state index in [4.69, 9.17) is 4.74 Å². The Bertz CT molecular complexity index is 1060. The van der Waals surface area contributed by atoms with Crippen LogP contribution in [0.2, 0.25) is 0 Å². The average molecular weight is 378 g/mol. The highest BCUT2D eigenvalue weighted by Gasteiger charge is 2.31. The first-order valence-electron chi connectivity index (χ1n) is 8.85. The van der Waals surface area contributed by atoms with Crippen molar-refractivity contribution in [3.63, 3.8) is 0 Å². The van der Waals surface area contributed by atoms with Crippen LogP contribution in [-0.4, -0.2) is 57.0 Å². The van der Waals surface area contributed by atoms with Crippen molar-refractivity contribution in [3.8, 4) is 5.75 Å². The second-order valence-electron chi connectivity index (χ2n) is 6.60. The summed E-state index contributed by atoms with van der Waals surface area (Å²) < 4.78 is 5.11. The number of hydrogen-bond donors (Lipinski definition) is 1. The molecule has 3 heterocycles. The number of carbonyl (C=O) groups is 2. The second-order valence-corrected chi connectivity index (χ2v) is 6.60. The molecular formula is C20H18N4O4. The van der Waals surface area contributed by atoms with E-state index >= 15 is 0 Å². The van der Waals surface area contributed by atoms with Crippen molar-refractivity contribution < 1.29 is 19.4 Å². The van der Waals surface area contributed by atoms with Crippen molar-refractivity contribution in [2.75, 3.05) is 20.2 Å². The minimum absolute atomic E-state index is 0.0601. The minimum Gasteiger partial charge on any atom is -0.497 e. The van der Waals surface area contributed by atoms with Gasteiger partial charge < -0.3 is 14.7 Å². The molecule has 0 radical (unpaired) electrons. The number of aromatic carboxylic acids is 1. The molecule has 0 spiro atoms. The van der Waals surface area contributed by atoms with Gasteiger partial charge in [-0.05, 0) is 12.5 Å². The normalized spacial score (nSPS) is 16.3. The molecular weight excluding hydrogens is 360 g/mol. The van der Waals surface area contributed by atoms with Gasteiger partial charge in [0.2, 0.25) is 0 Å². The van der Waals surface area contributed by atoms with Crippen molar-refractivity contribution in [3.05, 3.63) is 59.8 Å². The number of hydrogen-bond acceptors (Lipinski definition) is 6. The molecule has 1 amide bonds. The van der Waals surface area contributed by atoms with E-state index in [0.29, 0.717) is 13.1 Å². The Morgan fingerprint density at radius 2 is 1.96 bits per heavy atom. The number of methoxy groups -OCH3 is 1. The fourth-order valence-electron chi connectivity index (χ4n) is 3.52. The van der Waals surface area contributed by atoms with E-state index in [2.05, 4.69) is 15.0 Å². The first kappa shape index (κ1) is 17.8. The van der Waals surface area contributed by atoms with Crippen LogP contribution in [0.5, 0.6) is 5.75 Å². The summed E-state index contributed by atoms with van der Waals surface area (Å²) in [6.07, 6.45) is 2.31. The molecule has 142 valence electrons. The topological polar surface area (TPSA) is 106 Å². The molecule has 1 saturated heterocycles. The van der Waals surface area contributed by atoms with E-state index < -0.39 is 5.97 Å². The molecule has 4 rings (SSSR count).